The number of carbonyl (C=O) groups excluding carboxylic acids is 1. The first-order valence-corrected chi connectivity index (χ1v) is 28.7. The summed E-state index contributed by atoms with van der Waals surface area (Å²) in [6.45, 7) is 4.31. The SMILES string of the molecule is CCCCC/C=C\C/C=C\CCCCCCCCCCCC(=O)NC(CO)C(O)/C=C/CCCCCCCCCCCCCCCCCCCCCCCCCCCCCCCC. The first-order valence-electron chi connectivity index (χ1n) is 28.7. The van der Waals surface area contributed by atoms with Crippen molar-refractivity contribution in [1.82, 2.24) is 5.32 Å². The number of rotatable bonds is 53. The van der Waals surface area contributed by atoms with E-state index >= 15 is 0 Å². The summed E-state index contributed by atoms with van der Waals surface area (Å²) in [5.74, 6) is -0.0652. The summed E-state index contributed by atoms with van der Waals surface area (Å²) in [6.07, 6.45) is 74.6. The molecule has 0 aromatic carbocycles. The average molecular weight is 885 g/mol. The zero-order valence-electron chi connectivity index (χ0n) is 42.9. The second kappa shape index (κ2) is 54.9. The van der Waals surface area contributed by atoms with Crippen LogP contribution in [-0.4, -0.2) is 34.9 Å². The Kier molecular flexibility index (Phi) is 53.7. The summed E-state index contributed by atoms with van der Waals surface area (Å²) in [6, 6.07) is -0.625. The molecule has 0 aromatic heterocycles. The third kappa shape index (κ3) is 51.5. The van der Waals surface area contributed by atoms with Crippen molar-refractivity contribution in [3.63, 3.8) is 0 Å². The van der Waals surface area contributed by atoms with Crippen LogP contribution in [0.4, 0.5) is 0 Å². The van der Waals surface area contributed by atoms with Gasteiger partial charge in [0.15, 0.2) is 0 Å². The van der Waals surface area contributed by atoms with Crippen molar-refractivity contribution in [2.45, 2.75) is 328 Å². The molecule has 0 aromatic rings. The zero-order valence-corrected chi connectivity index (χ0v) is 42.9. The molecule has 0 aliphatic rings. The van der Waals surface area contributed by atoms with Gasteiger partial charge in [0, 0.05) is 6.42 Å². The number of carbonyl (C=O) groups is 1. The lowest BCUT2D eigenvalue weighted by molar-refractivity contribution is -0.123. The highest BCUT2D eigenvalue weighted by Crippen LogP contribution is 2.18. The van der Waals surface area contributed by atoms with E-state index in [1.54, 1.807) is 6.08 Å². The molecule has 0 aliphatic heterocycles. The standard InChI is InChI=1S/C59H113NO3/c1-3-5-7-9-11-13-15-17-19-21-23-24-25-26-27-28-29-30-31-32-33-34-35-37-38-40-42-44-46-48-50-52-54-58(62)57(56-61)60-59(63)55-53-51-49-47-45-43-41-39-36-22-20-18-16-14-12-10-8-6-4-2/h12,14,18,20,52,54,57-58,61-62H,3-11,13,15-17,19,21-51,53,55-56H2,1-2H3,(H,60,63)/b14-12-,20-18-,54-52+. The van der Waals surface area contributed by atoms with Gasteiger partial charge < -0.3 is 15.5 Å². The normalized spacial score (nSPS) is 13.0. The fourth-order valence-electron chi connectivity index (χ4n) is 8.98. The van der Waals surface area contributed by atoms with Gasteiger partial charge in [-0.1, -0.05) is 294 Å². The van der Waals surface area contributed by atoms with Gasteiger partial charge in [-0.05, 0) is 51.4 Å². The van der Waals surface area contributed by atoms with Gasteiger partial charge in [-0.3, -0.25) is 4.79 Å². The molecule has 0 saturated heterocycles. The molecule has 0 heterocycles. The van der Waals surface area contributed by atoms with Crippen molar-refractivity contribution in [3.8, 4) is 0 Å². The number of hydrogen-bond donors (Lipinski definition) is 3. The van der Waals surface area contributed by atoms with Crippen LogP contribution in [0.3, 0.4) is 0 Å². The summed E-state index contributed by atoms with van der Waals surface area (Å²) in [7, 11) is 0. The number of hydrogen-bond acceptors (Lipinski definition) is 3. The Hall–Kier alpha value is -1.39. The molecule has 0 radical (unpaired) electrons. The predicted molar refractivity (Wildman–Crippen MR) is 281 cm³/mol. The highest BCUT2D eigenvalue weighted by molar-refractivity contribution is 5.76. The van der Waals surface area contributed by atoms with E-state index < -0.39 is 12.1 Å². The minimum atomic E-state index is -0.842. The Morgan fingerprint density at radius 1 is 0.381 bits per heavy atom. The third-order valence-corrected chi connectivity index (χ3v) is 13.4. The Labute approximate surface area is 395 Å². The van der Waals surface area contributed by atoms with Crippen molar-refractivity contribution < 1.29 is 15.0 Å². The maximum Gasteiger partial charge on any atom is 0.220 e. The Morgan fingerprint density at radius 2 is 0.651 bits per heavy atom. The fraction of sp³-hybridized carbons (Fsp3) is 0.881. The summed E-state index contributed by atoms with van der Waals surface area (Å²) in [4.78, 5) is 12.5. The van der Waals surface area contributed by atoms with Gasteiger partial charge in [0.25, 0.3) is 0 Å². The molecule has 0 rings (SSSR count). The number of amides is 1. The average Bonchev–Trinajstić information content (AvgIpc) is 3.29. The fourth-order valence-corrected chi connectivity index (χ4v) is 8.98. The molecular weight excluding hydrogens is 771 g/mol. The van der Waals surface area contributed by atoms with Crippen LogP contribution in [0.1, 0.15) is 316 Å². The molecule has 3 N–H and O–H groups in total. The Balaban J connectivity index is 3.45. The van der Waals surface area contributed by atoms with Crippen LogP contribution in [-0.2, 0) is 4.79 Å². The molecule has 1 amide bonds. The number of nitrogens with one attached hydrogen (secondary N) is 1. The molecule has 0 spiro atoms. The molecule has 4 heteroatoms. The number of aliphatic hydroxyl groups excluding tert-OH is 2. The van der Waals surface area contributed by atoms with E-state index in [0.29, 0.717) is 6.42 Å². The summed E-state index contributed by atoms with van der Waals surface area (Å²) < 4.78 is 0. The number of unbranched alkanes of at least 4 members (excludes halogenated alkanes) is 42. The monoisotopic (exact) mass is 884 g/mol. The highest BCUT2D eigenvalue weighted by Gasteiger charge is 2.18. The van der Waals surface area contributed by atoms with E-state index in [4.69, 9.17) is 0 Å². The third-order valence-electron chi connectivity index (χ3n) is 13.4. The molecule has 0 fully saturated rings. The van der Waals surface area contributed by atoms with E-state index in [9.17, 15) is 15.0 Å². The topological polar surface area (TPSA) is 69.6 Å². The minimum Gasteiger partial charge on any atom is -0.394 e. The molecule has 0 saturated carbocycles. The highest BCUT2D eigenvalue weighted by atomic mass is 16.3. The zero-order chi connectivity index (χ0) is 45.6. The second-order valence-corrected chi connectivity index (χ2v) is 19.7. The lowest BCUT2D eigenvalue weighted by Gasteiger charge is -2.20. The summed E-state index contributed by atoms with van der Waals surface area (Å²) >= 11 is 0. The maximum absolute atomic E-state index is 12.5. The first-order chi connectivity index (χ1) is 31.2. The van der Waals surface area contributed by atoms with Gasteiger partial charge in [0.1, 0.15) is 0 Å². The number of aliphatic hydroxyl groups is 2. The van der Waals surface area contributed by atoms with Crippen LogP contribution < -0.4 is 5.32 Å². The van der Waals surface area contributed by atoms with Crippen LogP contribution in [0.25, 0.3) is 0 Å². The van der Waals surface area contributed by atoms with Crippen molar-refractivity contribution in [1.29, 1.82) is 0 Å². The van der Waals surface area contributed by atoms with Crippen molar-refractivity contribution in [2.75, 3.05) is 6.61 Å². The Morgan fingerprint density at radius 3 is 0.984 bits per heavy atom. The molecule has 2 atom stereocenters. The number of allylic oxidation sites excluding steroid dienone is 5. The van der Waals surface area contributed by atoms with Gasteiger partial charge in [-0.25, -0.2) is 0 Å². The van der Waals surface area contributed by atoms with Gasteiger partial charge in [-0.15, -0.1) is 0 Å². The van der Waals surface area contributed by atoms with E-state index in [1.807, 2.05) is 6.08 Å². The molecule has 0 bridgehead atoms. The van der Waals surface area contributed by atoms with Crippen LogP contribution >= 0.6 is 0 Å². The maximum atomic E-state index is 12.5. The van der Waals surface area contributed by atoms with Gasteiger partial charge in [0.2, 0.25) is 5.91 Å². The van der Waals surface area contributed by atoms with Crippen LogP contribution in [0, 0.1) is 0 Å². The first kappa shape index (κ1) is 61.6. The lowest BCUT2D eigenvalue weighted by Crippen LogP contribution is -2.45. The smallest absolute Gasteiger partial charge is 0.220 e. The largest absolute Gasteiger partial charge is 0.394 e. The van der Waals surface area contributed by atoms with Crippen molar-refractivity contribution in [3.05, 3.63) is 36.5 Å². The van der Waals surface area contributed by atoms with E-state index in [0.717, 1.165) is 32.1 Å². The minimum absolute atomic E-state index is 0.0652. The van der Waals surface area contributed by atoms with Crippen molar-refractivity contribution >= 4 is 5.91 Å². The second-order valence-electron chi connectivity index (χ2n) is 19.7. The molecule has 0 aliphatic carbocycles. The lowest BCUT2D eigenvalue weighted by atomic mass is 10.0. The molecule has 4 nitrogen and oxygen atoms in total. The van der Waals surface area contributed by atoms with E-state index in [-0.39, 0.29) is 12.5 Å². The van der Waals surface area contributed by atoms with E-state index in [2.05, 4.69) is 43.5 Å². The van der Waals surface area contributed by atoms with Crippen LogP contribution in [0.5, 0.6) is 0 Å². The summed E-state index contributed by atoms with van der Waals surface area (Å²) in [5, 5.41) is 23.2. The Bertz CT molecular complexity index is 958. The van der Waals surface area contributed by atoms with Crippen molar-refractivity contribution in [2.24, 2.45) is 0 Å². The molecule has 372 valence electrons. The van der Waals surface area contributed by atoms with Crippen LogP contribution in [0.15, 0.2) is 36.5 Å². The van der Waals surface area contributed by atoms with Gasteiger partial charge in [-0.2, -0.15) is 0 Å². The van der Waals surface area contributed by atoms with Gasteiger partial charge >= 0.3 is 0 Å². The summed E-state index contributed by atoms with van der Waals surface area (Å²) in [5.41, 5.74) is 0. The quantitative estimate of drug-likeness (QED) is 0.0421. The van der Waals surface area contributed by atoms with Gasteiger partial charge in [0.05, 0.1) is 18.8 Å². The van der Waals surface area contributed by atoms with Crippen LogP contribution in [0.2, 0.25) is 0 Å². The molecular formula is C59H113NO3. The molecule has 63 heavy (non-hydrogen) atoms. The predicted octanol–water partition coefficient (Wildman–Crippen LogP) is 18.9. The molecule has 2 unspecified atom stereocenters. The van der Waals surface area contributed by atoms with E-state index in [1.165, 1.54) is 263 Å².